The Morgan fingerprint density at radius 3 is 2.42 bits per heavy atom. The molecule has 1 aromatic rings. The lowest BCUT2D eigenvalue weighted by atomic mass is 9.89. The lowest BCUT2D eigenvalue weighted by Crippen LogP contribution is -2.50. The Kier molecular flexibility index (Phi) is 4.82. The highest BCUT2D eigenvalue weighted by Gasteiger charge is 2.43. The molecule has 0 radical (unpaired) electrons. The van der Waals surface area contributed by atoms with E-state index in [2.05, 4.69) is 4.98 Å². The Bertz CT molecular complexity index is 722. The molecule has 1 saturated heterocycles. The SMILES string of the molecule is O=C(CC(C1CC1)C1CC1)N1CCC(O)(Cn2cnc(Cl)cc2=O)CC1. The van der Waals surface area contributed by atoms with Crippen LogP contribution >= 0.6 is 11.6 Å². The molecule has 26 heavy (non-hydrogen) atoms. The Labute approximate surface area is 158 Å². The Morgan fingerprint density at radius 1 is 1.27 bits per heavy atom. The highest BCUT2D eigenvalue weighted by molar-refractivity contribution is 6.29. The van der Waals surface area contributed by atoms with Crippen molar-refractivity contribution in [2.24, 2.45) is 17.8 Å². The summed E-state index contributed by atoms with van der Waals surface area (Å²) in [6, 6.07) is 1.25. The Hall–Kier alpha value is -1.40. The molecule has 1 amide bonds. The predicted octanol–water partition coefficient (Wildman–Crippen LogP) is 2.08. The highest BCUT2D eigenvalue weighted by Crippen LogP contribution is 2.50. The number of rotatable bonds is 6. The number of nitrogens with zero attached hydrogens (tertiary/aromatic N) is 3. The van der Waals surface area contributed by atoms with Gasteiger partial charge in [0.15, 0.2) is 0 Å². The van der Waals surface area contributed by atoms with Crippen molar-refractivity contribution in [3.05, 3.63) is 27.9 Å². The molecule has 4 rings (SSSR count). The van der Waals surface area contributed by atoms with Gasteiger partial charge < -0.3 is 10.0 Å². The number of amides is 1. The third-order valence-electron chi connectivity index (χ3n) is 6.22. The van der Waals surface area contributed by atoms with Crippen LogP contribution in [0.25, 0.3) is 0 Å². The third kappa shape index (κ3) is 4.12. The fourth-order valence-corrected chi connectivity index (χ4v) is 4.40. The van der Waals surface area contributed by atoms with Crippen molar-refractivity contribution in [1.29, 1.82) is 0 Å². The number of carbonyl (C=O) groups excluding carboxylic acids is 1. The summed E-state index contributed by atoms with van der Waals surface area (Å²) < 4.78 is 1.39. The summed E-state index contributed by atoms with van der Waals surface area (Å²) in [5.74, 6) is 2.37. The maximum atomic E-state index is 12.7. The van der Waals surface area contributed by atoms with E-state index in [0.717, 1.165) is 11.8 Å². The van der Waals surface area contributed by atoms with Crippen molar-refractivity contribution in [2.75, 3.05) is 13.1 Å². The van der Waals surface area contributed by atoms with Crippen LogP contribution in [0.5, 0.6) is 0 Å². The molecule has 2 heterocycles. The first-order valence-corrected chi connectivity index (χ1v) is 10.0. The average Bonchev–Trinajstić information content (AvgIpc) is 3.48. The summed E-state index contributed by atoms with van der Waals surface area (Å²) in [4.78, 5) is 30.5. The van der Waals surface area contributed by atoms with Gasteiger partial charge in [-0.25, -0.2) is 4.98 Å². The lowest BCUT2D eigenvalue weighted by Gasteiger charge is -2.38. The highest BCUT2D eigenvalue weighted by atomic mass is 35.5. The van der Waals surface area contributed by atoms with Crippen LogP contribution in [-0.4, -0.2) is 44.2 Å². The molecule has 1 N–H and O–H groups in total. The number of aromatic nitrogens is 2. The molecule has 1 aliphatic heterocycles. The first-order chi connectivity index (χ1) is 12.4. The van der Waals surface area contributed by atoms with Crippen LogP contribution in [0, 0.1) is 17.8 Å². The largest absolute Gasteiger partial charge is 0.388 e. The van der Waals surface area contributed by atoms with Crippen molar-refractivity contribution in [3.63, 3.8) is 0 Å². The van der Waals surface area contributed by atoms with Gasteiger partial charge in [0.1, 0.15) is 5.15 Å². The first kappa shape index (κ1) is 18.0. The molecular formula is C19H26ClN3O3. The molecule has 0 bridgehead atoms. The normalized spacial score (nSPS) is 22.7. The minimum absolute atomic E-state index is 0.152. The van der Waals surface area contributed by atoms with E-state index in [9.17, 15) is 14.7 Å². The average molecular weight is 380 g/mol. The van der Waals surface area contributed by atoms with E-state index >= 15 is 0 Å². The first-order valence-electron chi connectivity index (χ1n) is 9.66. The van der Waals surface area contributed by atoms with E-state index in [0.29, 0.717) is 38.3 Å². The van der Waals surface area contributed by atoms with Crippen molar-refractivity contribution < 1.29 is 9.90 Å². The summed E-state index contributed by atoms with van der Waals surface area (Å²) in [5, 5.41) is 11.0. The summed E-state index contributed by atoms with van der Waals surface area (Å²) in [5.41, 5.74) is -1.25. The number of hydrogen-bond donors (Lipinski definition) is 1. The van der Waals surface area contributed by atoms with Gasteiger partial charge in [0, 0.05) is 25.6 Å². The minimum Gasteiger partial charge on any atom is -0.388 e. The van der Waals surface area contributed by atoms with Crippen molar-refractivity contribution >= 4 is 17.5 Å². The van der Waals surface area contributed by atoms with Crippen LogP contribution in [0.4, 0.5) is 0 Å². The molecule has 7 heteroatoms. The van der Waals surface area contributed by atoms with Gasteiger partial charge in [0.25, 0.3) is 5.56 Å². The second-order valence-corrected chi connectivity index (χ2v) is 8.71. The molecule has 2 aliphatic carbocycles. The van der Waals surface area contributed by atoms with Gasteiger partial charge in [-0.05, 0) is 56.3 Å². The summed E-state index contributed by atoms with van der Waals surface area (Å²) in [6.45, 7) is 1.28. The lowest BCUT2D eigenvalue weighted by molar-refractivity contribution is -0.137. The van der Waals surface area contributed by atoms with Crippen LogP contribution in [0.3, 0.4) is 0 Å². The van der Waals surface area contributed by atoms with Crippen LogP contribution in [-0.2, 0) is 11.3 Å². The quantitative estimate of drug-likeness (QED) is 0.768. The molecule has 0 spiro atoms. The molecule has 2 saturated carbocycles. The summed E-state index contributed by atoms with van der Waals surface area (Å²) >= 11 is 5.71. The van der Waals surface area contributed by atoms with E-state index in [1.54, 1.807) is 0 Å². The minimum atomic E-state index is -0.984. The van der Waals surface area contributed by atoms with Crippen LogP contribution in [0.2, 0.25) is 5.15 Å². The van der Waals surface area contributed by atoms with Crippen LogP contribution in [0.1, 0.15) is 44.9 Å². The van der Waals surface area contributed by atoms with Gasteiger partial charge in [0.2, 0.25) is 5.91 Å². The maximum absolute atomic E-state index is 12.7. The fraction of sp³-hybridized carbons (Fsp3) is 0.737. The van der Waals surface area contributed by atoms with Crippen molar-refractivity contribution in [2.45, 2.75) is 57.1 Å². The molecular weight excluding hydrogens is 354 g/mol. The Balaban J connectivity index is 1.32. The topological polar surface area (TPSA) is 75.4 Å². The van der Waals surface area contributed by atoms with Gasteiger partial charge in [0.05, 0.1) is 18.5 Å². The van der Waals surface area contributed by atoms with Crippen molar-refractivity contribution in [3.8, 4) is 0 Å². The zero-order valence-electron chi connectivity index (χ0n) is 14.9. The number of hydrogen-bond acceptors (Lipinski definition) is 4. The van der Waals surface area contributed by atoms with E-state index in [4.69, 9.17) is 11.6 Å². The maximum Gasteiger partial charge on any atom is 0.254 e. The number of halogens is 1. The second kappa shape index (κ2) is 6.97. The Morgan fingerprint density at radius 2 is 1.88 bits per heavy atom. The monoisotopic (exact) mass is 379 g/mol. The number of aliphatic hydroxyl groups is 1. The van der Waals surface area contributed by atoms with E-state index in [1.165, 1.54) is 42.6 Å². The van der Waals surface area contributed by atoms with Crippen molar-refractivity contribution in [1.82, 2.24) is 14.5 Å². The predicted molar refractivity (Wildman–Crippen MR) is 97.8 cm³/mol. The van der Waals surface area contributed by atoms with Gasteiger partial charge in [-0.1, -0.05) is 11.6 Å². The van der Waals surface area contributed by atoms with E-state index in [1.807, 2.05) is 4.90 Å². The molecule has 3 fully saturated rings. The summed E-state index contributed by atoms with van der Waals surface area (Å²) in [7, 11) is 0. The molecule has 0 unspecified atom stereocenters. The molecule has 142 valence electrons. The van der Waals surface area contributed by atoms with Crippen LogP contribution < -0.4 is 5.56 Å². The molecule has 6 nitrogen and oxygen atoms in total. The smallest absolute Gasteiger partial charge is 0.254 e. The van der Waals surface area contributed by atoms with Gasteiger partial charge in [-0.2, -0.15) is 0 Å². The zero-order chi connectivity index (χ0) is 18.3. The van der Waals surface area contributed by atoms with Gasteiger partial charge in [-0.3, -0.25) is 14.2 Å². The summed E-state index contributed by atoms with van der Waals surface area (Å²) in [6.07, 6.45) is 8.16. The van der Waals surface area contributed by atoms with E-state index < -0.39 is 5.60 Å². The number of likely N-dealkylation sites (tertiary alicyclic amines) is 1. The number of piperidine rings is 1. The second-order valence-electron chi connectivity index (χ2n) is 8.33. The number of carbonyl (C=O) groups is 1. The van der Waals surface area contributed by atoms with Gasteiger partial charge >= 0.3 is 0 Å². The third-order valence-corrected chi connectivity index (χ3v) is 6.43. The zero-order valence-corrected chi connectivity index (χ0v) is 15.7. The van der Waals surface area contributed by atoms with Crippen LogP contribution in [0.15, 0.2) is 17.2 Å². The molecule has 0 aromatic carbocycles. The molecule has 0 atom stereocenters. The van der Waals surface area contributed by atoms with E-state index in [-0.39, 0.29) is 23.2 Å². The standard InChI is InChI=1S/C19H26ClN3O3/c20-16-10-18(25)23(12-21-16)11-19(26)5-7-22(8-6-19)17(24)9-15(13-1-2-13)14-3-4-14/h10,12-15,26H,1-9,11H2. The molecule has 1 aromatic heterocycles. The van der Waals surface area contributed by atoms with Gasteiger partial charge in [-0.15, -0.1) is 0 Å². The molecule has 3 aliphatic rings. The fourth-order valence-electron chi connectivity index (χ4n) is 4.27.